The minimum Gasteiger partial charge on any atom is -0.377 e. The van der Waals surface area contributed by atoms with Crippen LogP contribution in [0.2, 0.25) is 0 Å². The molecule has 4 N–H and O–H groups in total. The third-order valence-electron chi connectivity index (χ3n) is 3.96. The van der Waals surface area contributed by atoms with Crippen LogP contribution in [0.1, 0.15) is 0 Å². The second kappa shape index (κ2) is 6.61. The summed E-state index contributed by atoms with van der Waals surface area (Å²) in [5, 5.41) is 0.857. The first-order valence-electron chi connectivity index (χ1n) is 7.39. The van der Waals surface area contributed by atoms with Crippen molar-refractivity contribution in [3.63, 3.8) is 0 Å². The lowest BCUT2D eigenvalue weighted by Crippen LogP contribution is -2.59. The third kappa shape index (κ3) is 3.06. The minimum atomic E-state index is -6.80. The molecule has 3 aromatic rings. The van der Waals surface area contributed by atoms with Crippen LogP contribution in [0.25, 0.3) is 21.8 Å². The van der Waals surface area contributed by atoms with Gasteiger partial charge in [0.1, 0.15) is 0 Å². The van der Waals surface area contributed by atoms with Gasteiger partial charge in [0.05, 0.1) is 5.52 Å². The number of hydrogen-bond acceptors (Lipinski definition) is 9. The highest BCUT2D eigenvalue weighted by Crippen LogP contribution is 2.39. The van der Waals surface area contributed by atoms with Crippen molar-refractivity contribution >= 4 is 62.3 Å². The number of fused-ring (bicyclic) bond motifs is 3. The lowest BCUT2D eigenvalue weighted by atomic mass is 10.1. The highest BCUT2D eigenvalue weighted by Gasteiger charge is 2.77. The van der Waals surface area contributed by atoms with Gasteiger partial charge in [-0.25, -0.2) is 0 Å². The van der Waals surface area contributed by atoms with Crippen molar-refractivity contribution in [2.45, 2.75) is 2.74 Å². The van der Waals surface area contributed by atoms with Crippen LogP contribution in [0, 0.1) is 0 Å². The summed E-state index contributed by atoms with van der Waals surface area (Å²) in [6, 6.07) is 10.0. The van der Waals surface area contributed by atoms with E-state index in [1.807, 2.05) is 0 Å². The maximum absolute atomic E-state index is 12.6. The SMILES string of the molecule is O=S(=O)(O)C(S(=O)(=O)O)(S(=O)(=O)O)S(=O)(=O)Oc1cccc2c1[nH]c1ccccc12. The molecule has 0 unspecified atom stereocenters. The van der Waals surface area contributed by atoms with Gasteiger partial charge in [-0.1, -0.05) is 30.3 Å². The molecule has 1 heterocycles. The summed E-state index contributed by atoms with van der Waals surface area (Å²) in [5.41, 5.74) is 0.323. The number of aromatic amines is 1. The topological polar surface area (TPSA) is 222 Å². The molecular weight excluding hydrogens is 490 g/mol. The third-order valence-corrected chi connectivity index (χ3v) is 14.4. The second-order valence-corrected chi connectivity index (χ2v) is 13.7. The molecule has 0 amide bonds. The van der Waals surface area contributed by atoms with Crippen molar-refractivity contribution in [1.82, 2.24) is 4.98 Å². The molecule has 164 valence electrons. The molecule has 30 heavy (non-hydrogen) atoms. The largest absolute Gasteiger partial charge is 0.476 e. The number of rotatable bonds is 6. The van der Waals surface area contributed by atoms with E-state index in [1.165, 1.54) is 12.1 Å². The summed E-state index contributed by atoms with van der Waals surface area (Å²) < 4.78 is 121. The fourth-order valence-corrected chi connectivity index (χ4v) is 9.94. The molecule has 0 saturated carbocycles. The van der Waals surface area contributed by atoms with Crippen molar-refractivity contribution in [3.8, 4) is 5.75 Å². The summed E-state index contributed by atoms with van der Waals surface area (Å²) in [6.07, 6.45) is 0. The highest BCUT2D eigenvalue weighted by molar-refractivity contribution is 8.35. The van der Waals surface area contributed by atoms with Gasteiger partial charge in [-0.05, 0) is 12.1 Å². The van der Waals surface area contributed by atoms with E-state index in [1.54, 1.807) is 24.3 Å². The van der Waals surface area contributed by atoms with E-state index in [0.29, 0.717) is 16.3 Å². The van der Waals surface area contributed by atoms with Gasteiger partial charge >= 0.3 is 43.2 Å². The first-order valence-corrected chi connectivity index (χ1v) is 13.1. The molecule has 0 aliphatic carbocycles. The van der Waals surface area contributed by atoms with E-state index in [2.05, 4.69) is 9.17 Å². The molecule has 0 spiro atoms. The zero-order valence-electron chi connectivity index (χ0n) is 14.2. The number of H-pyrrole nitrogens is 1. The van der Waals surface area contributed by atoms with Crippen LogP contribution in [0.15, 0.2) is 42.5 Å². The van der Waals surface area contributed by atoms with Crippen molar-refractivity contribution in [2.24, 2.45) is 0 Å². The molecule has 0 aliphatic rings. The van der Waals surface area contributed by atoms with Gasteiger partial charge in [-0.2, -0.15) is 33.7 Å². The standard InChI is InChI=1S/C13H11NO12S4/c15-27(16,17)13(28(18,19)20,29(21,22)23)30(24,25)26-11-7-3-5-9-8-4-1-2-6-10(8)14-12(9)11/h1-7,14H,(H,15,16,17)(H,18,19,20)(H,21,22,23). The minimum absolute atomic E-state index is 0.128. The Morgan fingerprint density at radius 2 is 1.20 bits per heavy atom. The smallest absolute Gasteiger partial charge is 0.377 e. The van der Waals surface area contributed by atoms with E-state index in [-0.39, 0.29) is 5.52 Å². The van der Waals surface area contributed by atoms with E-state index in [4.69, 9.17) is 13.7 Å². The molecule has 2 aromatic carbocycles. The predicted octanol–water partition coefficient (Wildman–Crippen LogP) is 0.304. The van der Waals surface area contributed by atoms with Gasteiger partial charge in [0.25, 0.3) is 0 Å². The fourth-order valence-electron chi connectivity index (χ4n) is 2.87. The maximum Gasteiger partial charge on any atom is 0.476 e. The van der Waals surface area contributed by atoms with E-state index in [0.717, 1.165) is 6.07 Å². The monoisotopic (exact) mass is 501 g/mol. The van der Waals surface area contributed by atoms with Crippen molar-refractivity contribution in [1.29, 1.82) is 0 Å². The number of aromatic nitrogens is 1. The van der Waals surface area contributed by atoms with Crippen LogP contribution >= 0.6 is 0 Å². The molecule has 13 nitrogen and oxygen atoms in total. The van der Waals surface area contributed by atoms with E-state index >= 15 is 0 Å². The molecule has 3 rings (SSSR count). The van der Waals surface area contributed by atoms with Crippen LogP contribution in [-0.4, -0.2) is 55.1 Å². The number of para-hydroxylation sites is 2. The Kier molecular flexibility index (Phi) is 4.94. The molecule has 0 atom stereocenters. The molecular formula is C13H11NO12S4. The van der Waals surface area contributed by atoms with Gasteiger partial charge in [-0.3, -0.25) is 13.7 Å². The quantitative estimate of drug-likeness (QED) is 0.264. The lowest BCUT2D eigenvalue weighted by molar-refractivity contribution is 0.426. The summed E-state index contributed by atoms with van der Waals surface area (Å²) in [5.74, 6) is -0.788. The average molecular weight is 501 g/mol. The summed E-state index contributed by atoms with van der Waals surface area (Å²) in [7, 11) is -27.0. The number of hydrogen-bond donors (Lipinski definition) is 4. The molecule has 0 fully saturated rings. The summed E-state index contributed by atoms with van der Waals surface area (Å²) in [4.78, 5) is 2.71. The molecule has 0 saturated heterocycles. The van der Waals surface area contributed by atoms with Crippen molar-refractivity contribution in [3.05, 3.63) is 42.5 Å². The molecule has 17 heteroatoms. The van der Waals surface area contributed by atoms with E-state index in [9.17, 15) is 33.7 Å². The van der Waals surface area contributed by atoms with Crippen molar-refractivity contribution < 1.29 is 51.5 Å². The molecule has 0 radical (unpaired) electrons. The summed E-state index contributed by atoms with van der Waals surface area (Å²) in [6.45, 7) is 0. The Hall–Kier alpha value is -2.28. The Morgan fingerprint density at radius 1 is 0.700 bits per heavy atom. The molecule has 0 bridgehead atoms. The van der Waals surface area contributed by atoms with Crippen LogP contribution in [0.3, 0.4) is 0 Å². The van der Waals surface area contributed by atoms with Gasteiger partial charge in [-0.15, -0.1) is 0 Å². The number of nitrogens with one attached hydrogen (secondary N) is 1. The number of benzene rings is 2. The average Bonchev–Trinajstić information content (AvgIpc) is 2.90. The Balaban J connectivity index is 2.38. The van der Waals surface area contributed by atoms with Crippen LogP contribution in [0.4, 0.5) is 0 Å². The second-order valence-electron chi connectivity index (χ2n) is 5.81. The van der Waals surface area contributed by atoms with Crippen molar-refractivity contribution in [2.75, 3.05) is 0 Å². The zero-order valence-corrected chi connectivity index (χ0v) is 17.5. The fraction of sp³-hybridized carbons (Fsp3) is 0.0769. The normalized spacial score (nSPS) is 14.2. The van der Waals surface area contributed by atoms with Gasteiger partial charge in [0, 0.05) is 16.3 Å². The van der Waals surface area contributed by atoms with Gasteiger partial charge in [0.2, 0.25) is 0 Å². The Morgan fingerprint density at radius 3 is 1.73 bits per heavy atom. The predicted molar refractivity (Wildman–Crippen MR) is 103 cm³/mol. The Labute approximate surface area is 169 Å². The zero-order chi connectivity index (χ0) is 22.8. The Bertz CT molecular complexity index is 1520. The van der Waals surface area contributed by atoms with Crippen LogP contribution in [0.5, 0.6) is 5.75 Å². The lowest BCUT2D eigenvalue weighted by Gasteiger charge is -2.23. The van der Waals surface area contributed by atoms with Crippen LogP contribution < -0.4 is 4.18 Å². The first kappa shape index (κ1) is 22.4. The van der Waals surface area contributed by atoms with Gasteiger partial charge < -0.3 is 9.17 Å². The maximum atomic E-state index is 12.6. The summed E-state index contributed by atoms with van der Waals surface area (Å²) >= 11 is 0. The van der Waals surface area contributed by atoms with E-state index < -0.39 is 49.0 Å². The first-order chi connectivity index (χ1) is 13.5. The van der Waals surface area contributed by atoms with Crippen LogP contribution in [-0.2, 0) is 40.5 Å². The molecule has 0 aliphatic heterocycles. The highest BCUT2D eigenvalue weighted by atomic mass is 32.4. The van der Waals surface area contributed by atoms with Gasteiger partial charge in [0.15, 0.2) is 5.75 Å². The molecule has 1 aromatic heterocycles.